The highest BCUT2D eigenvalue weighted by Crippen LogP contribution is 2.31. The van der Waals surface area contributed by atoms with E-state index < -0.39 is 5.97 Å². The monoisotopic (exact) mass is 276 g/mol. The molecule has 0 aromatic carbocycles. The molecule has 6 heteroatoms. The molecule has 20 heavy (non-hydrogen) atoms. The third-order valence-corrected chi connectivity index (χ3v) is 4.41. The molecule has 108 valence electrons. The summed E-state index contributed by atoms with van der Waals surface area (Å²) in [6.07, 6.45) is 3.97. The van der Waals surface area contributed by atoms with Gasteiger partial charge in [-0.05, 0) is 32.4 Å². The fourth-order valence-electron chi connectivity index (χ4n) is 3.36. The Kier molecular flexibility index (Phi) is 3.25. The molecule has 2 saturated heterocycles. The van der Waals surface area contributed by atoms with Gasteiger partial charge in [0.25, 0.3) is 0 Å². The van der Waals surface area contributed by atoms with Crippen molar-refractivity contribution in [3.63, 3.8) is 0 Å². The number of anilines is 2. The van der Waals surface area contributed by atoms with E-state index in [2.05, 4.69) is 21.7 Å². The number of aromatic carboxylic acids is 1. The second-order valence-corrected chi connectivity index (χ2v) is 5.69. The van der Waals surface area contributed by atoms with Gasteiger partial charge in [-0.25, -0.2) is 9.78 Å². The summed E-state index contributed by atoms with van der Waals surface area (Å²) in [5.74, 6) is -0.387. The summed E-state index contributed by atoms with van der Waals surface area (Å²) in [5.41, 5.74) is 6.43. The average Bonchev–Trinajstić information content (AvgIpc) is 2.85. The number of hydrogen-bond acceptors (Lipinski definition) is 5. The highest BCUT2D eigenvalue weighted by molar-refractivity contribution is 5.96. The Morgan fingerprint density at radius 1 is 1.50 bits per heavy atom. The summed E-state index contributed by atoms with van der Waals surface area (Å²) >= 11 is 0. The third kappa shape index (κ3) is 2.10. The van der Waals surface area contributed by atoms with Gasteiger partial charge in [0.05, 0.1) is 11.3 Å². The number of aromatic nitrogens is 1. The number of nitrogens with zero attached hydrogens (tertiary/aromatic N) is 3. The van der Waals surface area contributed by atoms with Gasteiger partial charge in [0.15, 0.2) is 5.82 Å². The molecular weight excluding hydrogens is 256 g/mol. The molecule has 3 N–H and O–H groups in total. The van der Waals surface area contributed by atoms with Crippen LogP contribution < -0.4 is 10.6 Å². The Balaban J connectivity index is 1.92. The Labute approximate surface area is 118 Å². The van der Waals surface area contributed by atoms with Crippen LogP contribution in [0.1, 0.15) is 30.1 Å². The summed E-state index contributed by atoms with van der Waals surface area (Å²) in [7, 11) is 0. The van der Waals surface area contributed by atoms with Gasteiger partial charge in [-0.2, -0.15) is 0 Å². The van der Waals surface area contributed by atoms with Crippen molar-refractivity contribution < 1.29 is 9.90 Å². The Hall–Kier alpha value is -1.82. The van der Waals surface area contributed by atoms with E-state index >= 15 is 0 Å². The molecule has 0 aliphatic carbocycles. The van der Waals surface area contributed by atoms with Crippen LogP contribution in [0.25, 0.3) is 0 Å². The van der Waals surface area contributed by atoms with Crippen LogP contribution in [0.5, 0.6) is 0 Å². The maximum Gasteiger partial charge on any atom is 0.337 e. The van der Waals surface area contributed by atoms with E-state index in [4.69, 9.17) is 5.73 Å². The van der Waals surface area contributed by atoms with Gasteiger partial charge in [0, 0.05) is 31.4 Å². The van der Waals surface area contributed by atoms with Crippen LogP contribution >= 0.6 is 0 Å². The van der Waals surface area contributed by atoms with Crippen molar-refractivity contribution in [2.45, 2.75) is 31.8 Å². The van der Waals surface area contributed by atoms with Crippen LogP contribution in [0.3, 0.4) is 0 Å². The number of piperazine rings is 1. The second kappa shape index (κ2) is 4.94. The van der Waals surface area contributed by atoms with Gasteiger partial charge < -0.3 is 15.7 Å². The van der Waals surface area contributed by atoms with Gasteiger partial charge in [-0.1, -0.05) is 0 Å². The smallest absolute Gasteiger partial charge is 0.337 e. The maximum atomic E-state index is 11.2. The summed E-state index contributed by atoms with van der Waals surface area (Å²) in [5, 5.41) is 9.17. The molecule has 0 radical (unpaired) electrons. The standard InChI is InChI=1S/C14H20N4O2/c1-9-7-17-6-2-3-10(17)8-18(9)13-12(15)11(14(19)20)4-5-16-13/h4-5,9-10H,2-3,6-8,15H2,1H3,(H,19,20). The minimum atomic E-state index is -1.00. The lowest BCUT2D eigenvalue weighted by atomic mass is 10.1. The van der Waals surface area contributed by atoms with Crippen molar-refractivity contribution in [2.24, 2.45) is 0 Å². The third-order valence-electron chi connectivity index (χ3n) is 4.41. The van der Waals surface area contributed by atoms with Crippen molar-refractivity contribution in [3.8, 4) is 0 Å². The first-order valence-corrected chi connectivity index (χ1v) is 7.06. The van der Waals surface area contributed by atoms with Crippen molar-refractivity contribution in [2.75, 3.05) is 30.3 Å². The fourth-order valence-corrected chi connectivity index (χ4v) is 3.36. The number of nitrogen functional groups attached to an aromatic ring is 1. The van der Waals surface area contributed by atoms with Crippen LogP contribution in [0.2, 0.25) is 0 Å². The summed E-state index contributed by atoms with van der Waals surface area (Å²) in [4.78, 5) is 20.2. The van der Waals surface area contributed by atoms with Gasteiger partial charge in [-0.3, -0.25) is 4.90 Å². The SMILES string of the molecule is CC1CN2CCCC2CN1c1nccc(C(=O)O)c1N. The zero-order valence-electron chi connectivity index (χ0n) is 11.6. The van der Waals surface area contributed by atoms with Crippen molar-refractivity contribution in [1.82, 2.24) is 9.88 Å². The number of rotatable bonds is 2. The van der Waals surface area contributed by atoms with Crippen LogP contribution in [-0.2, 0) is 0 Å². The first-order chi connectivity index (χ1) is 9.58. The fraction of sp³-hybridized carbons (Fsp3) is 0.571. The van der Waals surface area contributed by atoms with E-state index in [9.17, 15) is 9.90 Å². The van der Waals surface area contributed by atoms with Gasteiger partial charge >= 0.3 is 5.97 Å². The Morgan fingerprint density at radius 3 is 3.05 bits per heavy atom. The molecule has 0 bridgehead atoms. The van der Waals surface area contributed by atoms with Crippen molar-refractivity contribution in [1.29, 1.82) is 0 Å². The zero-order valence-corrected chi connectivity index (χ0v) is 11.6. The molecule has 2 unspecified atom stereocenters. The molecule has 1 aromatic rings. The highest BCUT2D eigenvalue weighted by Gasteiger charge is 2.35. The van der Waals surface area contributed by atoms with Gasteiger partial charge in [0.2, 0.25) is 0 Å². The minimum absolute atomic E-state index is 0.135. The van der Waals surface area contributed by atoms with Crippen molar-refractivity contribution in [3.05, 3.63) is 17.8 Å². The maximum absolute atomic E-state index is 11.2. The lowest BCUT2D eigenvalue weighted by Gasteiger charge is -2.43. The first-order valence-electron chi connectivity index (χ1n) is 7.06. The van der Waals surface area contributed by atoms with E-state index in [1.54, 1.807) is 0 Å². The quantitative estimate of drug-likeness (QED) is 0.839. The normalized spacial score (nSPS) is 26.6. The Morgan fingerprint density at radius 2 is 2.30 bits per heavy atom. The van der Waals surface area contributed by atoms with Crippen LogP contribution in [0.15, 0.2) is 12.3 Å². The molecule has 6 nitrogen and oxygen atoms in total. The molecule has 0 spiro atoms. The lowest BCUT2D eigenvalue weighted by Crippen LogP contribution is -2.55. The molecule has 2 fully saturated rings. The molecule has 0 amide bonds. The van der Waals surface area contributed by atoms with E-state index in [1.165, 1.54) is 31.6 Å². The predicted octanol–water partition coefficient (Wildman–Crippen LogP) is 1.03. The average molecular weight is 276 g/mol. The van der Waals surface area contributed by atoms with Crippen LogP contribution in [0, 0.1) is 0 Å². The molecular formula is C14H20N4O2. The molecule has 2 aliphatic rings. The van der Waals surface area contributed by atoms with Gasteiger partial charge in [0.1, 0.15) is 0 Å². The number of nitrogens with two attached hydrogens (primary N) is 1. The summed E-state index contributed by atoms with van der Waals surface area (Å²) in [6, 6.07) is 2.29. The lowest BCUT2D eigenvalue weighted by molar-refractivity contribution is 0.0698. The van der Waals surface area contributed by atoms with Crippen LogP contribution in [0.4, 0.5) is 11.5 Å². The number of fused-ring (bicyclic) bond motifs is 1. The minimum Gasteiger partial charge on any atom is -0.478 e. The summed E-state index contributed by atoms with van der Waals surface area (Å²) < 4.78 is 0. The number of pyridine rings is 1. The molecule has 2 aliphatic heterocycles. The first kappa shape index (κ1) is 13.2. The largest absolute Gasteiger partial charge is 0.478 e. The molecule has 3 heterocycles. The van der Waals surface area contributed by atoms with Crippen molar-refractivity contribution >= 4 is 17.5 Å². The zero-order chi connectivity index (χ0) is 14.3. The summed E-state index contributed by atoms with van der Waals surface area (Å²) in [6.45, 7) is 5.18. The number of carboxylic acid groups (broad SMARTS) is 1. The number of carbonyl (C=O) groups is 1. The molecule has 3 rings (SSSR count). The molecule has 1 aromatic heterocycles. The molecule has 2 atom stereocenters. The van der Waals surface area contributed by atoms with E-state index in [1.807, 2.05) is 0 Å². The second-order valence-electron chi connectivity index (χ2n) is 5.69. The highest BCUT2D eigenvalue weighted by atomic mass is 16.4. The van der Waals surface area contributed by atoms with E-state index in [0.717, 1.165) is 13.1 Å². The predicted molar refractivity (Wildman–Crippen MR) is 77.0 cm³/mol. The topological polar surface area (TPSA) is 82.7 Å². The number of hydrogen-bond donors (Lipinski definition) is 2. The Bertz CT molecular complexity index is 534. The van der Waals surface area contributed by atoms with E-state index in [-0.39, 0.29) is 11.3 Å². The number of carboxylic acids is 1. The van der Waals surface area contributed by atoms with Gasteiger partial charge in [-0.15, -0.1) is 0 Å². The van der Waals surface area contributed by atoms with Crippen LogP contribution in [-0.4, -0.2) is 52.7 Å². The van der Waals surface area contributed by atoms with E-state index in [0.29, 0.717) is 17.9 Å². The molecule has 0 saturated carbocycles.